The van der Waals surface area contributed by atoms with E-state index in [0.717, 1.165) is 0 Å². The summed E-state index contributed by atoms with van der Waals surface area (Å²) >= 11 is 0. The molecule has 0 radical (unpaired) electrons. The van der Waals surface area contributed by atoms with Crippen LogP contribution in [0.5, 0.6) is 5.75 Å². The monoisotopic (exact) mass is 341 g/mol. The molecule has 0 unspecified atom stereocenters. The van der Waals surface area contributed by atoms with Crippen molar-refractivity contribution in [3.63, 3.8) is 0 Å². The van der Waals surface area contributed by atoms with Crippen molar-refractivity contribution in [2.24, 2.45) is 7.05 Å². The Kier molecular flexibility index (Phi) is 4.31. The lowest BCUT2D eigenvalue weighted by molar-refractivity contribution is -0.127. The molecule has 1 aliphatic rings. The van der Waals surface area contributed by atoms with Gasteiger partial charge in [-0.3, -0.25) is 19.3 Å². The molecule has 0 fully saturated rings. The third-order valence-corrected chi connectivity index (χ3v) is 4.12. The van der Waals surface area contributed by atoms with E-state index in [1.165, 1.54) is 9.47 Å². The molecule has 1 aromatic carbocycles. The summed E-state index contributed by atoms with van der Waals surface area (Å²) in [6.45, 7) is 3.19. The molecule has 0 aliphatic carbocycles. The van der Waals surface area contributed by atoms with Crippen LogP contribution in [0.2, 0.25) is 0 Å². The number of hydrogen-bond donors (Lipinski definition) is 1. The Morgan fingerprint density at radius 3 is 2.72 bits per heavy atom. The number of carbonyl (C=O) groups is 2. The number of para-hydroxylation sites is 2. The van der Waals surface area contributed by atoms with Crippen LogP contribution < -0.4 is 20.5 Å². The van der Waals surface area contributed by atoms with Gasteiger partial charge in [0.25, 0.3) is 11.5 Å². The molecule has 3 rings (SSSR count). The van der Waals surface area contributed by atoms with Gasteiger partial charge in [-0.1, -0.05) is 12.1 Å². The molecule has 0 saturated heterocycles. The lowest BCUT2D eigenvalue weighted by atomic mass is 10.2. The summed E-state index contributed by atoms with van der Waals surface area (Å²) in [5.41, 5.74) is 1.13. The fourth-order valence-electron chi connectivity index (χ4n) is 2.72. The van der Waals surface area contributed by atoms with E-state index in [0.29, 0.717) is 17.0 Å². The summed E-state index contributed by atoms with van der Waals surface area (Å²) in [6.07, 6.45) is 0.963. The number of benzene rings is 1. The second-order valence-electron chi connectivity index (χ2n) is 5.99. The first-order chi connectivity index (χ1) is 11.9. The smallest absolute Gasteiger partial charge is 0.274 e. The first kappa shape index (κ1) is 16.8. The number of ether oxygens (including phenoxy) is 1. The van der Waals surface area contributed by atoms with Gasteiger partial charge in [0.05, 0.1) is 5.69 Å². The average Bonchev–Trinajstić information content (AvgIpc) is 2.59. The molecular formula is C18H19N3O4. The van der Waals surface area contributed by atoms with Crippen molar-refractivity contribution < 1.29 is 14.3 Å². The van der Waals surface area contributed by atoms with Crippen LogP contribution in [-0.4, -0.2) is 29.0 Å². The summed E-state index contributed by atoms with van der Waals surface area (Å²) in [5.74, 6) is -0.190. The average molecular weight is 341 g/mol. The molecule has 1 aliphatic heterocycles. The van der Waals surface area contributed by atoms with Gasteiger partial charge < -0.3 is 14.6 Å². The fraction of sp³-hybridized carbons (Fsp3) is 0.278. The molecule has 7 nitrogen and oxygen atoms in total. The number of hydrogen-bond acceptors (Lipinski definition) is 4. The number of aromatic nitrogens is 1. The molecule has 0 spiro atoms. The molecule has 25 heavy (non-hydrogen) atoms. The van der Waals surface area contributed by atoms with E-state index in [2.05, 4.69) is 5.32 Å². The Labute approximate surface area is 144 Å². The third-order valence-electron chi connectivity index (χ3n) is 4.12. The molecular weight excluding hydrogens is 322 g/mol. The highest BCUT2D eigenvalue weighted by Gasteiger charge is 2.32. The van der Waals surface area contributed by atoms with Gasteiger partial charge in [0, 0.05) is 13.2 Å². The molecule has 7 heteroatoms. The van der Waals surface area contributed by atoms with E-state index in [1.54, 1.807) is 57.4 Å². The highest BCUT2D eigenvalue weighted by atomic mass is 16.5. The van der Waals surface area contributed by atoms with Crippen molar-refractivity contribution in [3.05, 3.63) is 52.4 Å². The third kappa shape index (κ3) is 3.13. The zero-order chi connectivity index (χ0) is 18.1. The van der Waals surface area contributed by atoms with Gasteiger partial charge >= 0.3 is 0 Å². The molecule has 1 aromatic heterocycles. The zero-order valence-corrected chi connectivity index (χ0v) is 14.3. The minimum absolute atomic E-state index is 0.193. The van der Waals surface area contributed by atoms with Crippen molar-refractivity contribution in [1.82, 2.24) is 4.57 Å². The SMILES string of the molecule is Cc1ccn(C)c(=O)c1NC(=O)CN1C(=O)[C@@H](C)Oc2ccccc21. The van der Waals surface area contributed by atoms with E-state index < -0.39 is 12.0 Å². The summed E-state index contributed by atoms with van der Waals surface area (Å²) in [7, 11) is 1.61. The van der Waals surface area contributed by atoms with Gasteiger partial charge in [-0.05, 0) is 37.6 Å². The van der Waals surface area contributed by atoms with Gasteiger partial charge in [-0.25, -0.2) is 0 Å². The number of nitrogens with one attached hydrogen (secondary N) is 1. The Balaban J connectivity index is 1.85. The first-order valence-corrected chi connectivity index (χ1v) is 7.91. The van der Waals surface area contributed by atoms with Gasteiger partial charge in [0.1, 0.15) is 18.0 Å². The Morgan fingerprint density at radius 2 is 1.96 bits per heavy atom. The predicted octanol–water partition coefficient (Wildman–Crippen LogP) is 1.45. The van der Waals surface area contributed by atoms with Crippen LogP contribution in [0.25, 0.3) is 0 Å². The van der Waals surface area contributed by atoms with Crippen LogP contribution in [0.15, 0.2) is 41.3 Å². The number of carbonyl (C=O) groups excluding carboxylic acids is 2. The molecule has 1 N–H and O–H groups in total. The number of anilines is 2. The van der Waals surface area contributed by atoms with Crippen LogP contribution >= 0.6 is 0 Å². The van der Waals surface area contributed by atoms with Gasteiger partial charge in [0.2, 0.25) is 5.91 Å². The lowest BCUT2D eigenvalue weighted by Crippen LogP contribution is -2.47. The first-order valence-electron chi connectivity index (χ1n) is 7.91. The molecule has 130 valence electrons. The fourth-order valence-corrected chi connectivity index (χ4v) is 2.72. The lowest BCUT2D eigenvalue weighted by Gasteiger charge is -2.32. The summed E-state index contributed by atoms with van der Waals surface area (Å²) in [6, 6.07) is 8.79. The highest BCUT2D eigenvalue weighted by Crippen LogP contribution is 2.33. The number of nitrogens with zero attached hydrogens (tertiary/aromatic N) is 2. The van der Waals surface area contributed by atoms with Crippen molar-refractivity contribution >= 4 is 23.2 Å². The second-order valence-corrected chi connectivity index (χ2v) is 5.99. The van der Waals surface area contributed by atoms with E-state index in [1.807, 2.05) is 0 Å². The quantitative estimate of drug-likeness (QED) is 0.916. The van der Waals surface area contributed by atoms with E-state index in [9.17, 15) is 14.4 Å². The summed E-state index contributed by atoms with van der Waals surface area (Å²) < 4.78 is 6.94. The maximum Gasteiger partial charge on any atom is 0.274 e. The second kappa shape index (κ2) is 6.43. The Morgan fingerprint density at radius 1 is 1.24 bits per heavy atom. The molecule has 2 heterocycles. The van der Waals surface area contributed by atoms with Crippen LogP contribution in [-0.2, 0) is 16.6 Å². The van der Waals surface area contributed by atoms with Gasteiger partial charge in [-0.2, -0.15) is 0 Å². The normalized spacial score (nSPS) is 16.2. The highest BCUT2D eigenvalue weighted by molar-refractivity contribution is 6.06. The Bertz CT molecular complexity index is 903. The van der Waals surface area contributed by atoms with Crippen molar-refractivity contribution in [1.29, 1.82) is 0 Å². The van der Waals surface area contributed by atoms with Crippen LogP contribution in [0, 0.1) is 6.92 Å². The maximum absolute atomic E-state index is 12.5. The van der Waals surface area contributed by atoms with Crippen LogP contribution in [0.1, 0.15) is 12.5 Å². The van der Waals surface area contributed by atoms with Crippen LogP contribution in [0.3, 0.4) is 0 Å². The minimum Gasteiger partial charge on any atom is -0.479 e. The number of aryl methyl sites for hydroxylation is 2. The minimum atomic E-state index is -0.672. The number of fused-ring (bicyclic) bond motifs is 1. The molecule has 2 amide bonds. The molecule has 2 aromatic rings. The maximum atomic E-state index is 12.5. The standard InChI is InChI=1S/C18H19N3O4/c1-11-8-9-20(3)18(24)16(11)19-15(22)10-21-13-6-4-5-7-14(13)25-12(2)17(21)23/h4-9,12H,10H2,1-3H3,(H,19,22)/t12-/m1/s1. The van der Waals surface area contributed by atoms with E-state index in [4.69, 9.17) is 4.74 Å². The van der Waals surface area contributed by atoms with Crippen LogP contribution in [0.4, 0.5) is 11.4 Å². The van der Waals surface area contributed by atoms with E-state index >= 15 is 0 Å². The zero-order valence-electron chi connectivity index (χ0n) is 14.3. The van der Waals surface area contributed by atoms with Crippen molar-refractivity contribution in [2.75, 3.05) is 16.8 Å². The number of rotatable bonds is 3. The van der Waals surface area contributed by atoms with Gasteiger partial charge in [0.15, 0.2) is 6.10 Å². The molecule has 0 saturated carbocycles. The largest absolute Gasteiger partial charge is 0.479 e. The summed E-state index contributed by atoms with van der Waals surface area (Å²) in [5, 5.41) is 2.63. The predicted molar refractivity (Wildman–Crippen MR) is 93.9 cm³/mol. The summed E-state index contributed by atoms with van der Waals surface area (Å²) in [4.78, 5) is 38.4. The van der Waals surface area contributed by atoms with E-state index in [-0.39, 0.29) is 23.7 Å². The van der Waals surface area contributed by atoms with Gasteiger partial charge in [-0.15, -0.1) is 0 Å². The molecule has 1 atom stereocenters. The number of amides is 2. The molecule has 0 bridgehead atoms. The Hall–Kier alpha value is -3.09. The number of pyridine rings is 1. The van der Waals surface area contributed by atoms with Crippen molar-refractivity contribution in [3.8, 4) is 5.75 Å². The van der Waals surface area contributed by atoms with Crippen molar-refractivity contribution in [2.45, 2.75) is 20.0 Å². The topological polar surface area (TPSA) is 80.6 Å².